The van der Waals surface area contributed by atoms with Crippen LogP contribution in [0.2, 0.25) is 0 Å². The summed E-state index contributed by atoms with van der Waals surface area (Å²) in [7, 11) is 0. The number of halogens is 3. The van der Waals surface area contributed by atoms with E-state index in [-0.39, 0.29) is 12.2 Å². The Kier molecular flexibility index (Phi) is 10.6. The van der Waals surface area contributed by atoms with Gasteiger partial charge in [-0.15, -0.1) is 0 Å². The number of esters is 3. The molecule has 0 unspecified atom stereocenters. The third-order valence-corrected chi connectivity index (χ3v) is 5.26. The monoisotopic (exact) mass is 557 g/mol. The molecule has 1 saturated heterocycles. The molecule has 1 N–H and O–H groups in total. The molecule has 34 heavy (non-hydrogen) atoms. The minimum Gasteiger partial charge on any atom is -0.463 e. The number of alkyl carbamates (subject to hydrolysis) is 1. The lowest BCUT2D eigenvalue weighted by Crippen LogP contribution is -2.65. The third-order valence-electron chi connectivity index (χ3n) is 4.31. The van der Waals surface area contributed by atoms with Crippen molar-refractivity contribution < 1.29 is 42.9 Å². The first-order valence-electron chi connectivity index (χ1n) is 9.77. The Labute approximate surface area is 215 Å². The summed E-state index contributed by atoms with van der Waals surface area (Å²) in [5.41, 5.74) is 0.215. The summed E-state index contributed by atoms with van der Waals surface area (Å²) in [5.74, 6) is -2.11. The maximum atomic E-state index is 12.8. The molecule has 14 heteroatoms. The molecule has 10 nitrogen and oxygen atoms in total. The lowest BCUT2D eigenvalue weighted by molar-refractivity contribution is -0.230. The van der Waals surface area contributed by atoms with E-state index in [1.54, 1.807) is 18.2 Å². The SMILES string of the molecule is CC(=O)OC[C@H]1O[C@H](OC(C)=O)[C@H](NC(=O)OCC(Cl)(Cl)Cl)[C@@H](OC(=O)c2ccccc2)[C@@H]1S. The average molecular weight is 559 g/mol. The molecule has 1 amide bonds. The summed E-state index contributed by atoms with van der Waals surface area (Å²) < 4.78 is 24.5. The van der Waals surface area contributed by atoms with Gasteiger partial charge in [0, 0.05) is 13.8 Å². The summed E-state index contributed by atoms with van der Waals surface area (Å²) >= 11 is 21.2. The van der Waals surface area contributed by atoms with Crippen molar-refractivity contribution in [1.82, 2.24) is 5.32 Å². The molecule has 2 rings (SSSR count). The van der Waals surface area contributed by atoms with E-state index >= 15 is 0 Å². The van der Waals surface area contributed by atoms with Crippen molar-refractivity contribution >= 4 is 71.4 Å². The summed E-state index contributed by atoms with van der Waals surface area (Å²) in [6.07, 6.45) is -4.73. The molecule has 0 bridgehead atoms. The molecule has 1 aromatic carbocycles. The highest BCUT2D eigenvalue weighted by atomic mass is 35.6. The van der Waals surface area contributed by atoms with Crippen LogP contribution in [0.4, 0.5) is 4.79 Å². The predicted octanol–water partition coefficient (Wildman–Crippen LogP) is 2.83. The number of carbonyl (C=O) groups is 4. The predicted molar refractivity (Wildman–Crippen MR) is 124 cm³/mol. The molecule has 188 valence electrons. The van der Waals surface area contributed by atoms with Gasteiger partial charge in [0.25, 0.3) is 0 Å². The van der Waals surface area contributed by atoms with E-state index in [1.165, 1.54) is 19.1 Å². The fourth-order valence-corrected chi connectivity index (χ4v) is 3.47. The van der Waals surface area contributed by atoms with E-state index in [4.69, 9.17) is 58.5 Å². The Morgan fingerprint density at radius 2 is 1.68 bits per heavy atom. The van der Waals surface area contributed by atoms with Gasteiger partial charge in [-0.2, -0.15) is 12.6 Å². The zero-order valence-electron chi connectivity index (χ0n) is 17.9. The highest BCUT2D eigenvalue weighted by Gasteiger charge is 2.49. The first-order valence-corrected chi connectivity index (χ1v) is 11.4. The summed E-state index contributed by atoms with van der Waals surface area (Å²) in [6.45, 7) is 1.42. The number of hydrogen-bond donors (Lipinski definition) is 2. The van der Waals surface area contributed by atoms with Gasteiger partial charge in [0.05, 0.1) is 10.8 Å². The molecule has 0 aromatic heterocycles. The van der Waals surface area contributed by atoms with Crippen LogP contribution < -0.4 is 5.32 Å². The first kappa shape index (κ1) is 28.3. The van der Waals surface area contributed by atoms with Crippen molar-refractivity contribution in [1.29, 1.82) is 0 Å². The van der Waals surface area contributed by atoms with Crippen molar-refractivity contribution in [3.8, 4) is 0 Å². The molecule has 1 heterocycles. The van der Waals surface area contributed by atoms with E-state index < -0.39 is 64.2 Å². The van der Waals surface area contributed by atoms with E-state index in [0.29, 0.717) is 0 Å². The second kappa shape index (κ2) is 12.7. The van der Waals surface area contributed by atoms with E-state index in [9.17, 15) is 19.2 Å². The lowest BCUT2D eigenvalue weighted by atomic mass is 9.99. The van der Waals surface area contributed by atoms with Gasteiger partial charge in [0.2, 0.25) is 10.1 Å². The normalized spacial score (nSPS) is 24.5. The number of nitrogens with one attached hydrogen (secondary N) is 1. The number of rotatable bonds is 7. The summed E-state index contributed by atoms with van der Waals surface area (Å²) in [4.78, 5) is 48.1. The van der Waals surface area contributed by atoms with E-state index in [1.807, 2.05) is 0 Å². The Morgan fingerprint density at radius 1 is 1.03 bits per heavy atom. The van der Waals surface area contributed by atoms with Crippen molar-refractivity contribution in [3.63, 3.8) is 0 Å². The van der Waals surface area contributed by atoms with Crippen LogP contribution in [-0.4, -0.2) is 70.8 Å². The molecule has 0 saturated carbocycles. The Morgan fingerprint density at radius 3 is 2.24 bits per heavy atom. The number of hydrogen-bond acceptors (Lipinski definition) is 10. The van der Waals surface area contributed by atoms with E-state index in [0.717, 1.165) is 6.92 Å². The standard InChI is InChI=1S/C20H22Cl3NO9S/c1-10(25)29-8-13-16(34)15(33-17(27)12-6-4-3-5-7-12)14(18(32-13)31-11(2)26)24-19(28)30-9-20(21,22)23/h3-7,13-16,18,34H,8-9H2,1-2H3,(H,24,28)/t13-,14-,15-,16-,18+/m1/s1. The van der Waals surface area contributed by atoms with Gasteiger partial charge in [-0.3, -0.25) is 9.59 Å². The third kappa shape index (κ3) is 9.03. The van der Waals surface area contributed by atoms with Gasteiger partial charge in [-0.05, 0) is 12.1 Å². The fourth-order valence-electron chi connectivity index (χ4n) is 2.90. The molecule has 1 fully saturated rings. The molecule has 5 atom stereocenters. The number of ether oxygens (including phenoxy) is 5. The number of alkyl halides is 3. The molecule has 1 aromatic rings. The Hall–Kier alpha value is -1.92. The average Bonchev–Trinajstić information content (AvgIpc) is 2.75. The molecule has 0 radical (unpaired) electrons. The number of thiol groups is 1. The van der Waals surface area contributed by atoms with E-state index in [2.05, 4.69) is 17.9 Å². The molecule has 1 aliphatic rings. The smallest absolute Gasteiger partial charge is 0.407 e. The number of benzene rings is 1. The van der Waals surface area contributed by atoms with Crippen molar-refractivity contribution in [2.45, 2.75) is 47.4 Å². The van der Waals surface area contributed by atoms with Gasteiger partial charge in [-0.25, -0.2) is 9.59 Å². The first-order chi connectivity index (χ1) is 15.9. The van der Waals surface area contributed by atoms with Crippen molar-refractivity contribution in [3.05, 3.63) is 35.9 Å². The maximum absolute atomic E-state index is 12.8. The van der Waals surface area contributed by atoms with Gasteiger partial charge in [0.1, 0.15) is 31.5 Å². The van der Waals surface area contributed by atoms with Crippen LogP contribution in [0.15, 0.2) is 30.3 Å². The second-order valence-electron chi connectivity index (χ2n) is 7.04. The van der Waals surface area contributed by atoms with Gasteiger partial charge >= 0.3 is 24.0 Å². The second-order valence-corrected chi connectivity index (χ2v) is 10.2. The maximum Gasteiger partial charge on any atom is 0.407 e. The fraction of sp³-hybridized carbons (Fsp3) is 0.500. The quantitative estimate of drug-likeness (QED) is 0.225. The molecule has 0 spiro atoms. The Balaban J connectivity index is 2.32. The number of amides is 1. The molecule has 1 aliphatic heterocycles. The van der Waals surface area contributed by atoms with Crippen LogP contribution in [0.5, 0.6) is 0 Å². The topological polar surface area (TPSA) is 126 Å². The van der Waals surface area contributed by atoms with Crippen LogP contribution >= 0.6 is 47.4 Å². The van der Waals surface area contributed by atoms with Gasteiger partial charge < -0.3 is 29.0 Å². The number of carbonyl (C=O) groups excluding carboxylic acids is 4. The van der Waals surface area contributed by atoms with Gasteiger partial charge in [-0.1, -0.05) is 53.0 Å². The highest BCUT2D eigenvalue weighted by molar-refractivity contribution is 7.81. The molecule has 0 aliphatic carbocycles. The lowest BCUT2D eigenvalue weighted by Gasteiger charge is -2.43. The van der Waals surface area contributed by atoms with Crippen molar-refractivity contribution in [2.75, 3.05) is 13.2 Å². The minimum atomic E-state index is -1.88. The van der Waals surface area contributed by atoms with Crippen LogP contribution in [0.1, 0.15) is 24.2 Å². The van der Waals surface area contributed by atoms with Crippen molar-refractivity contribution in [2.24, 2.45) is 0 Å². The largest absolute Gasteiger partial charge is 0.463 e. The van der Waals surface area contributed by atoms with Crippen LogP contribution in [-0.2, 0) is 33.3 Å². The van der Waals surface area contributed by atoms with Crippen LogP contribution in [0.3, 0.4) is 0 Å². The Bertz CT molecular complexity index is 884. The zero-order valence-corrected chi connectivity index (χ0v) is 21.1. The summed E-state index contributed by atoms with van der Waals surface area (Å²) in [6, 6.07) is 6.74. The van der Waals surface area contributed by atoms with Crippen LogP contribution in [0.25, 0.3) is 0 Å². The van der Waals surface area contributed by atoms with Gasteiger partial charge in [0.15, 0.2) is 0 Å². The molecular formula is C20H22Cl3NO9S. The van der Waals surface area contributed by atoms with Crippen LogP contribution in [0, 0.1) is 0 Å². The molecular weight excluding hydrogens is 537 g/mol. The minimum absolute atomic E-state index is 0.215. The summed E-state index contributed by atoms with van der Waals surface area (Å²) in [5, 5.41) is 1.46. The zero-order chi connectivity index (χ0) is 25.5. The highest BCUT2D eigenvalue weighted by Crippen LogP contribution is 2.30.